The fourth-order valence-corrected chi connectivity index (χ4v) is 4.06. The van der Waals surface area contributed by atoms with Crippen LogP contribution in [-0.2, 0) is 16.9 Å². The zero-order valence-corrected chi connectivity index (χ0v) is 10.3. The SMILES string of the molecule is CCOC(O)c1c(N)sc2c1CCSC2. The minimum atomic E-state index is -0.849. The number of ether oxygens (including phenoxy) is 1. The first-order valence-corrected chi connectivity index (χ1v) is 6.98. The number of nitrogens with two attached hydrogens (primary N) is 1. The van der Waals surface area contributed by atoms with Crippen LogP contribution in [0.1, 0.15) is 29.2 Å². The Morgan fingerprint density at radius 3 is 3.13 bits per heavy atom. The van der Waals surface area contributed by atoms with Crippen LogP contribution in [0.25, 0.3) is 0 Å². The van der Waals surface area contributed by atoms with Gasteiger partial charge in [0.05, 0.1) is 5.00 Å². The topological polar surface area (TPSA) is 55.5 Å². The Morgan fingerprint density at radius 2 is 2.40 bits per heavy atom. The van der Waals surface area contributed by atoms with E-state index in [4.69, 9.17) is 10.5 Å². The molecule has 5 heteroatoms. The van der Waals surface area contributed by atoms with Crippen molar-refractivity contribution in [3.05, 3.63) is 16.0 Å². The van der Waals surface area contributed by atoms with Crippen LogP contribution in [0.5, 0.6) is 0 Å². The smallest absolute Gasteiger partial charge is 0.184 e. The van der Waals surface area contributed by atoms with Gasteiger partial charge in [-0.2, -0.15) is 11.8 Å². The van der Waals surface area contributed by atoms with Crippen molar-refractivity contribution in [1.29, 1.82) is 0 Å². The fourth-order valence-electron chi connectivity index (χ4n) is 1.79. The zero-order valence-electron chi connectivity index (χ0n) is 8.66. The number of nitrogen functional groups attached to an aromatic ring is 1. The maximum absolute atomic E-state index is 9.84. The van der Waals surface area contributed by atoms with Crippen LogP contribution in [0.3, 0.4) is 0 Å². The highest BCUT2D eigenvalue weighted by molar-refractivity contribution is 7.98. The van der Waals surface area contributed by atoms with E-state index in [0.717, 1.165) is 23.5 Å². The summed E-state index contributed by atoms with van der Waals surface area (Å²) >= 11 is 3.51. The van der Waals surface area contributed by atoms with Crippen molar-refractivity contribution < 1.29 is 9.84 Å². The van der Waals surface area contributed by atoms with Gasteiger partial charge in [-0.15, -0.1) is 11.3 Å². The van der Waals surface area contributed by atoms with Crippen LogP contribution >= 0.6 is 23.1 Å². The molecule has 0 fully saturated rings. The van der Waals surface area contributed by atoms with Gasteiger partial charge >= 0.3 is 0 Å². The normalized spacial score (nSPS) is 17.5. The van der Waals surface area contributed by atoms with E-state index in [1.165, 1.54) is 10.4 Å². The van der Waals surface area contributed by atoms with Crippen molar-refractivity contribution in [2.24, 2.45) is 0 Å². The largest absolute Gasteiger partial charge is 0.390 e. The van der Waals surface area contributed by atoms with E-state index in [2.05, 4.69) is 0 Å². The third-order valence-corrected chi connectivity index (χ3v) is 4.71. The number of thiophene rings is 1. The summed E-state index contributed by atoms with van der Waals surface area (Å²) in [6.07, 6.45) is 0.144. The lowest BCUT2D eigenvalue weighted by Gasteiger charge is -2.16. The molecule has 1 unspecified atom stereocenters. The average molecular weight is 245 g/mol. The number of aliphatic hydroxyl groups is 1. The van der Waals surface area contributed by atoms with Gasteiger partial charge in [0.2, 0.25) is 0 Å². The van der Waals surface area contributed by atoms with E-state index in [1.54, 1.807) is 11.3 Å². The molecule has 0 spiro atoms. The summed E-state index contributed by atoms with van der Waals surface area (Å²) < 4.78 is 5.21. The lowest BCUT2D eigenvalue weighted by Crippen LogP contribution is -2.09. The Kier molecular flexibility index (Phi) is 3.56. The van der Waals surface area contributed by atoms with E-state index in [0.29, 0.717) is 11.6 Å². The van der Waals surface area contributed by atoms with Crippen molar-refractivity contribution in [3.63, 3.8) is 0 Å². The summed E-state index contributed by atoms with van der Waals surface area (Å²) in [5, 5.41) is 10.6. The molecule has 0 amide bonds. The molecule has 3 nitrogen and oxygen atoms in total. The monoisotopic (exact) mass is 245 g/mol. The molecule has 84 valence electrons. The Balaban J connectivity index is 2.32. The molecular formula is C10H15NO2S2. The summed E-state index contributed by atoms with van der Waals surface area (Å²) in [5.41, 5.74) is 7.96. The predicted molar refractivity (Wildman–Crippen MR) is 65.2 cm³/mol. The van der Waals surface area contributed by atoms with Crippen LogP contribution in [0.2, 0.25) is 0 Å². The van der Waals surface area contributed by atoms with Gasteiger partial charge in [0, 0.05) is 22.8 Å². The van der Waals surface area contributed by atoms with Gasteiger partial charge < -0.3 is 15.6 Å². The van der Waals surface area contributed by atoms with Gasteiger partial charge in [0.1, 0.15) is 0 Å². The molecule has 0 aromatic carbocycles. The highest BCUT2D eigenvalue weighted by atomic mass is 32.2. The number of rotatable bonds is 3. The van der Waals surface area contributed by atoms with Crippen LogP contribution in [0, 0.1) is 0 Å². The van der Waals surface area contributed by atoms with Gasteiger partial charge in [-0.05, 0) is 24.7 Å². The molecule has 15 heavy (non-hydrogen) atoms. The molecule has 1 aliphatic heterocycles. The second-order valence-electron chi connectivity index (χ2n) is 3.39. The van der Waals surface area contributed by atoms with E-state index in [-0.39, 0.29) is 0 Å². The number of anilines is 1. The summed E-state index contributed by atoms with van der Waals surface area (Å²) in [7, 11) is 0. The van der Waals surface area contributed by atoms with Crippen molar-refractivity contribution in [3.8, 4) is 0 Å². The standard InChI is InChI=1S/C10H15NO2S2/c1-2-13-10(12)8-6-3-4-14-5-7(6)15-9(8)11/h10,12H,2-5,11H2,1H3. The average Bonchev–Trinajstić information content (AvgIpc) is 2.54. The predicted octanol–water partition coefficient (Wildman–Crippen LogP) is 2.15. The molecular weight excluding hydrogens is 230 g/mol. The lowest BCUT2D eigenvalue weighted by atomic mass is 10.1. The lowest BCUT2D eigenvalue weighted by molar-refractivity contribution is -0.0977. The van der Waals surface area contributed by atoms with Crippen LogP contribution in [-0.4, -0.2) is 17.5 Å². The number of hydrogen-bond acceptors (Lipinski definition) is 5. The fraction of sp³-hybridized carbons (Fsp3) is 0.600. The summed E-state index contributed by atoms with van der Waals surface area (Å²) in [5.74, 6) is 2.12. The van der Waals surface area contributed by atoms with Crippen LogP contribution in [0.15, 0.2) is 0 Å². The maximum atomic E-state index is 9.84. The van der Waals surface area contributed by atoms with Gasteiger partial charge in [-0.25, -0.2) is 0 Å². The van der Waals surface area contributed by atoms with Gasteiger partial charge in [-0.3, -0.25) is 0 Å². The van der Waals surface area contributed by atoms with Gasteiger partial charge in [-0.1, -0.05) is 0 Å². The van der Waals surface area contributed by atoms with Crippen LogP contribution < -0.4 is 5.73 Å². The number of thioether (sulfide) groups is 1. The van der Waals surface area contributed by atoms with Crippen LogP contribution in [0.4, 0.5) is 5.00 Å². The highest BCUT2D eigenvalue weighted by Gasteiger charge is 2.24. The van der Waals surface area contributed by atoms with Crippen molar-refractivity contribution in [1.82, 2.24) is 0 Å². The Bertz CT molecular complexity index is 351. The van der Waals surface area contributed by atoms with E-state index < -0.39 is 6.29 Å². The second-order valence-corrected chi connectivity index (χ2v) is 5.63. The quantitative estimate of drug-likeness (QED) is 0.801. The molecule has 1 atom stereocenters. The summed E-state index contributed by atoms with van der Waals surface area (Å²) in [6, 6.07) is 0. The molecule has 0 saturated carbocycles. The van der Waals surface area contributed by atoms with Crippen molar-refractivity contribution in [2.75, 3.05) is 18.1 Å². The molecule has 1 aromatic rings. The Hall–Kier alpha value is -0.230. The summed E-state index contributed by atoms with van der Waals surface area (Å²) in [4.78, 5) is 1.30. The molecule has 0 saturated heterocycles. The summed E-state index contributed by atoms with van der Waals surface area (Å²) in [6.45, 7) is 2.37. The molecule has 3 N–H and O–H groups in total. The minimum Gasteiger partial charge on any atom is -0.390 e. The minimum absolute atomic E-state index is 0.500. The second kappa shape index (κ2) is 4.74. The first kappa shape index (κ1) is 11.3. The molecule has 1 aliphatic rings. The first-order chi connectivity index (χ1) is 7.24. The van der Waals surface area contributed by atoms with Gasteiger partial charge in [0.15, 0.2) is 6.29 Å². The molecule has 2 heterocycles. The van der Waals surface area contributed by atoms with Gasteiger partial charge in [0.25, 0.3) is 0 Å². The van der Waals surface area contributed by atoms with E-state index in [1.807, 2.05) is 18.7 Å². The van der Waals surface area contributed by atoms with E-state index >= 15 is 0 Å². The Labute approximate surface area is 97.6 Å². The van der Waals surface area contributed by atoms with Crippen molar-refractivity contribution in [2.45, 2.75) is 25.4 Å². The molecule has 2 rings (SSSR count). The number of fused-ring (bicyclic) bond motifs is 1. The highest BCUT2D eigenvalue weighted by Crippen LogP contribution is 2.40. The number of hydrogen-bond donors (Lipinski definition) is 2. The third kappa shape index (κ3) is 2.15. The molecule has 1 aromatic heterocycles. The molecule has 0 aliphatic carbocycles. The van der Waals surface area contributed by atoms with E-state index in [9.17, 15) is 5.11 Å². The molecule has 0 bridgehead atoms. The zero-order chi connectivity index (χ0) is 10.8. The Morgan fingerprint density at radius 1 is 1.60 bits per heavy atom. The first-order valence-electron chi connectivity index (χ1n) is 5.01. The third-order valence-electron chi connectivity index (χ3n) is 2.46. The van der Waals surface area contributed by atoms with Crippen molar-refractivity contribution >= 4 is 28.1 Å². The number of aliphatic hydroxyl groups excluding tert-OH is 1. The molecule has 0 radical (unpaired) electrons. The maximum Gasteiger partial charge on any atom is 0.184 e.